The number of ether oxygens (including phenoxy) is 1. The van der Waals surface area contributed by atoms with Crippen LogP contribution in [-0.2, 0) is 17.8 Å². The molecule has 0 atom stereocenters. The van der Waals surface area contributed by atoms with E-state index in [0.29, 0.717) is 13.0 Å². The van der Waals surface area contributed by atoms with Crippen LogP contribution in [0, 0.1) is 0 Å². The van der Waals surface area contributed by atoms with E-state index in [9.17, 15) is 4.79 Å². The molecule has 29 heavy (non-hydrogen) atoms. The Morgan fingerprint density at radius 2 is 2.03 bits per heavy atom. The minimum absolute atomic E-state index is 0.273. The molecule has 7 nitrogen and oxygen atoms in total. The van der Waals surface area contributed by atoms with E-state index in [1.807, 2.05) is 41.3 Å². The highest BCUT2D eigenvalue weighted by molar-refractivity contribution is 5.80. The first-order valence-electron chi connectivity index (χ1n) is 10.2. The zero-order chi connectivity index (χ0) is 20.3. The number of guanidine groups is 1. The van der Waals surface area contributed by atoms with E-state index in [1.54, 1.807) is 13.4 Å². The van der Waals surface area contributed by atoms with Gasteiger partial charge in [-0.2, -0.15) is 0 Å². The molecule has 1 amide bonds. The molecule has 1 saturated heterocycles. The van der Waals surface area contributed by atoms with E-state index in [2.05, 4.69) is 10.6 Å². The van der Waals surface area contributed by atoms with Crippen molar-refractivity contribution in [2.24, 2.45) is 4.99 Å². The molecule has 1 aromatic carbocycles. The Labute approximate surface area is 172 Å². The molecule has 0 bridgehead atoms. The minimum Gasteiger partial charge on any atom is -0.497 e. The molecule has 7 heteroatoms. The third-order valence-corrected chi connectivity index (χ3v) is 4.89. The van der Waals surface area contributed by atoms with E-state index >= 15 is 0 Å². The fraction of sp³-hybridized carbons (Fsp3) is 0.455. The molecule has 1 aliphatic rings. The monoisotopic (exact) mass is 398 g/mol. The van der Waals surface area contributed by atoms with Crippen molar-refractivity contribution in [2.75, 3.05) is 33.3 Å². The predicted molar refractivity (Wildman–Crippen MR) is 113 cm³/mol. The first-order valence-corrected chi connectivity index (χ1v) is 10.2. The molecule has 0 radical (unpaired) electrons. The van der Waals surface area contributed by atoms with Crippen LogP contribution in [-0.4, -0.2) is 50.1 Å². The second-order valence-electron chi connectivity index (χ2n) is 7.03. The zero-order valence-electron chi connectivity index (χ0n) is 17.0. The molecular formula is C22H30N4O3. The summed E-state index contributed by atoms with van der Waals surface area (Å²) in [6.07, 6.45) is 5.04. The van der Waals surface area contributed by atoms with E-state index in [-0.39, 0.29) is 5.91 Å². The Hall–Kier alpha value is -2.96. The van der Waals surface area contributed by atoms with E-state index in [1.165, 1.54) is 0 Å². The second-order valence-corrected chi connectivity index (χ2v) is 7.03. The Balaban J connectivity index is 1.49. The van der Waals surface area contributed by atoms with Crippen molar-refractivity contribution in [3.63, 3.8) is 0 Å². The Morgan fingerprint density at radius 3 is 2.72 bits per heavy atom. The first kappa shape index (κ1) is 20.8. The molecule has 3 rings (SSSR count). The maximum atomic E-state index is 11.7. The number of nitrogens with one attached hydrogen (secondary N) is 2. The lowest BCUT2D eigenvalue weighted by Gasteiger charge is -2.16. The average molecular weight is 399 g/mol. The number of rotatable bonds is 10. The number of aliphatic imine (C=N–C) groups is 1. The predicted octanol–water partition coefficient (Wildman–Crippen LogP) is 2.58. The zero-order valence-corrected chi connectivity index (χ0v) is 17.0. The minimum atomic E-state index is 0.273. The van der Waals surface area contributed by atoms with Gasteiger partial charge in [0, 0.05) is 39.0 Å². The average Bonchev–Trinajstić information content (AvgIpc) is 3.41. The highest BCUT2D eigenvalue weighted by Crippen LogP contribution is 2.12. The molecule has 156 valence electrons. The number of amides is 1. The number of carbonyl (C=O) groups is 1. The lowest BCUT2D eigenvalue weighted by molar-refractivity contribution is -0.127. The topological polar surface area (TPSA) is 79.1 Å². The molecule has 0 unspecified atom stereocenters. The maximum absolute atomic E-state index is 11.7. The van der Waals surface area contributed by atoms with Crippen LogP contribution in [0.25, 0.3) is 0 Å². The van der Waals surface area contributed by atoms with Crippen LogP contribution in [0.3, 0.4) is 0 Å². The second kappa shape index (κ2) is 11.1. The molecule has 0 spiro atoms. The number of hydrogen-bond acceptors (Lipinski definition) is 4. The van der Waals surface area contributed by atoms with Gasteiger partial charge in [0.25, 0.3) is 0 Å². The lowest BCUT2D eigenvalue weighted by Crippen LogP contribution is -2.40. The van der Waals surface area contributed by atoms with Gasteiger partial charge in [0.15, 0.2) is 5.96 Å². The summed E-state index contributed by atoms with van der Waals surface area (Å²) in [6, 6.07) is 11.8. The van der Waals surface area contributed by atoms with Gasteiger partial charge in [-0.3, -0.25) is 4.79 Å². The van der Waals surface area contributed by atoms with Crippen molar-refractivity contribution in [3.05, 3.63) is 54.0 Å². The summed E-state index contributed by atoms with van der Waals surface area (Å²) in [4.78, 5) is 18.4. The summed E-state index contributed by atoms with van der Waals surface area (Å²) in [7, 11) is 1.66. The van der Waals surface area contributed by atoms with Crippen molar-refractivity contribution < 1.29 is 13.9 Å². The molecule has 2 N–H and O–H groups in total. The highest BCUT2D eigenvalue weighted by atomic mass is 16.5. The SMILES string of the molecule is COc1ccc(CN=C(NCCCN2CCCC2=O)NCCc2ccco2)cc1. The molecule has 2 aromatic rings. The van der Waals surface area contributed by atoms with Gasteiger partial charge in [-0.25, -0.2) is 4.99 Å². The van der Waals surface area contributed by atoms with Gasteiger partial charge in [0.05, 0.1) is 19.9 Å². The number of furan rings is 1. The summed E-state index contributed by atoms with van der Waals surface area (Å²) in [5, 5.41) is 6.74. The number of hydrogen-bond donors (Lipinski definition) is 2. The number of carbonyl (C=O) groups excluding carboxylic acids is 1. The smallest absolute Gasteiger partial charge is 0.222 e. The van der Waals surface area contributed by atoms with Gasteiger partial charge in [0.1, 0.15) is 11.5 Å². The molecule has 0 saturated carbocycles. The van der Waals surface area contributed by atoms with Gasteiger partial charge >= 0.3 is 0 Å². The molecule has 2 heterocycles. The molecule has 1 aliphatic heterocycles. The van der Waals surface area contributed by atoms with E-state index in [0.717, 1.165) is 68.5 Å². The molecule has 1 fully saturated rings. The number of likely N-dealkylation sites (tertiary alicyclic amines) is 1. The van der Waals surface area contributed by atoms with Crippen LogP contribution in [0.2, 0.25) is 0 Å². The standard InChI is InChI=1S/C22H30N4O3/c1-28-19-9-7-18(8-10-19)17-25-22(24-13-11-20-5-3-16-29-20)23-12-4-15-26-14-2-6-21(26)27/h3,5,7-10,16H,2,4,6,11-15,17H2,1H3,(H2,23,24,25). The third-order valence-electron chi connectivity index (χ3n) is 4.89. The molecular weight excluding hydrogens is 368 g/mol. The van der Waals surface area contributed by atoms with Gasteiger partial charge in [0.2, 0.25) is 5.91 Å². The van der Waals surface area contributed by atoms with Crippen LogP contribution < -0.4 is 15.4 Å². The van der Waals surface area contributed by atoms with Crippen molar-refractivity contribution in [1.82, 2.24) is 15.5 Å². The Morgan fingerprint density at radius 1 is 1.21 bits per heavy atom. The third kappa shape index (κ3) is 6.85. The lowest BCUT2D eigenvalue weighted by atomic mass is 10.2. The largest absolute Gasteiger partial charge is 0.497 e. The summed E-state index contributed by atoms with van der Waals surface area (Å²) < 4.78 is 10.6. The summed E-state index contributed by atoms with van der Waals surface area (Å²) >= 11 is 0. The van der Waals surface area contributed by atoms with Gasteiger partial charge in [-0.15, -0.1) is 0 Å². The van der Waals surface area contributed by atoms with E-state index < -0.39 is 0 Å². The first-order chi connectivity index (χ1) is 14.2. The molecule has 1 aromatic heterocycles. The van der Waals surface area contributed by atoms with Crippen molar-refractivity contribution in [2.45, 2.75) is 32.2 Å². The van der Waals surface area contributed by atoms with Crippen molar-refractivity contribution in [3.8, 4) is 5.75 Å². The van der Waals surface area contributed by atoms with Crippen LogP contribution >= 0.6 is 0 Å². The quantitative estimate of drug-likeness (QED) is 0.365. The summed E-state index contributed by atoms with van der Waals surface area (Å²) in [5.74, 6) is 2.82. The van der Waals surface area contributed by atoms with E-state index in [4.69, 9.17) is 14.1 Å². The normalized spacial score (nSPS) is 14.3. The number of benzene rings is 1. The fourth-order valence-electron chi connectivity index (χ4n) is 3.25. The van der Waals surface area contributed by atoms with Crippen LogP contribution in [0.5, 0.6) is 5.75 Å². The van der Waals surface area contributed by atoms with Crippen molar-refractivity contribution in [1.29, 1.82) is 0 Å². The highest BCUT2D eigenvalue weighted by Gasteiger charge is 2.18. The van der Waals surface area contributed by atoms with Gasteiger partial charge < -0.3 is 24.7 Å². The van der Waals surface area contributed by atoms with Gasteiger partial charge in [-0.1, -0.05) is 12.1 Å². The van der Waals surface area contributed by atoms with Crippen LogP contribution in [0.15, 0.2) is 52.1 Å². The fourth-order valence-corrected chi connectivity index (χ4v) is 3.25. The number of nitrogens with zero attached hydrogens (tertiary/aromatic N) is 2. The number of methoxy groups -OCH3 is 1. The molecule has 0 aliphatic carbocycles. The van der Waals surface area contributed by atoms with Crippen molar-refractivity contribution >= 4 is 11.9 Å². The summed E-state index contributed by atoms with van der Waals surface area (Å²) in [6.45, 7) is 3.75. The maximum Gasteiger partial charge on any atom is 0.222 e. The van der Waals surface area contributed by atoms with Crippen LogP contribution in [0.4, 0.5) is 0 Å². The Kier molecular flexibility index (Phi) is 7.98. The van der Waals surface area contributed by atoms with Gasteiger partial charge in [-0.05, 0) is 42.7 Å². The van der Waals surface area contributed by atoms with Crippen LogP contribution in [0.1, 0.15) is 30.6 Å². The summed E-state index contributed by atoms with van der Waals surface area (Å²) in [5.41, 5.74) is 1.11. The Bertz CT molecular complexity index is 772.